The minimum Gasteiger partial charge on any atom is -0.504 e. The molecule has 21 heavy (non-hydrogen) atoms. The van der Waals surface area contributed by atoms with E-state index in [0.29, 0.717) is 5.56 Å². The quantitative estimate of drug-likeness (QED) is 0.556. The topological polar surface area (TPSA) is 98.7 Å². The van der Waals surface area contributed by atoms with Crippen LogP contribution in [0.5, 0.6) is 11.5 Å². The maximum Gasteiger partial charge on any atom is 0.157 e. The smallest absolute Gasteiger partial charge is 0.157 e. The summed E-state index contributed by atoms with van der Waals surface area (Å²) < 4.78 is 0. The van der Waals surface area contributed by atoms with E-state index in [1.165, 1.54) is 23.9 Å². The van der Waals surface area contributed by atoms with E-state index in [9.17, 15) is 5.11 Å². The average Bonchev–Trinajstić information content (AvgIpc) is 2.51. The molecule has 1 atom stereocenters. The highest BCUT2D eigenvalue weighted by Crippen LogP contribution is 2.27. The Morgan fingerprint density at radius 3 is 2.24 bits per heavy atom. The Morgan fingerprint density at radius 2 is 1.71 bits per heavy atom. The van der Waals surface area contributed by atoms with Crippen LogP contribution in [0.25, 0.3) is 0 Å². The van der Waals surface area contributed by atoms with Crippen molar-refractivity contribution in [2.75, 3.05) is 18.4 Å². The molecule has 6 N–H and O–H groups in total. The van der Waals surface area contributed by atoms with E-state index in [-0.39, 0.29) is 18.0 Å². The van der Waals surface area contributed by atoms with Gasteiger partial charge in [0.2, 0.25) is 0 Å². The highest BCUT2D eigenvalue weighted by atomic mass is 16.3. The van der Waals surface area contributed by atoms with Gasteiger partial charge < -0.3 is 26.4 Å². The highest BCUT2D eigenvalue weighted by molar-refractivity contribution is 5.42. The lowest BCUT2D eigenvalue weighted by molar-refractivity contribution is 0.186. The molecular formula is C16H22N2O3. The second-order valence-corrected chi connectivity index (χ2v) is 4.40. The van der Waals surface area contributed by atoms with E-state index in [1.54, 1.807) is 0 Å². The molecule has 0 aliphatic heterocycles. The van der Waals surface area contributed by atoms with Crippen molar-refractivity contribution in [3.63, 3.8) is 0 Å². The largest absolute Gasteiger partial charge is 0.504 e. The number of rotatable bonds is 4. The lowest BCUT2D eigenvalue weighted by atomic mass is 10.1. The summed E-state index contributed by atoms with van der Waals surface area (Å²) in [5.41, 5.74) is 6.89. The van der Waals surface area contributed by atoms with Gasteiger partial charge in [-0.05, 0) is 36.8 Å². The lowest BCUT2D eigenvalue weighted by Crippen LogP contribution is -2.11. The molecule has 5 nitrogen and oxygen atoms in total. The van der Waals surface area contributed by atoms with Gasteiger partial charge in [0.1, 0.15) is 0 Å². The third-order valence-electron chi connectivity index (χ3n) is 2.76. The van der Waals surface area contributed by atoms with Gasteiger partial charge >= 0.3 is 0 Å². The van der Waals surface area contributed by atoms with Gasteiger partial charge in [-0.1, -0.05) is 24.3 Å². The average molecular weight is 290 g/mol. The van der Waals surface area contributed by atoms with Gasteiger partial charge in [-0.2, -0.15) is 0 Å². The molecule has 0 saturated carbocycles. The first-order valence-corrected chi connectivity index (χ1v) is 6.77. The Hall–Kier alpha value is -2.24. The molecular weight excluding hydrogens is 268 g/mol. The van der Waals surface area contributed by atoms with Crippen LogP contribution in [-0.4, -0.2) is 28.4 Å². The first kappa shape index (κ1) is 16.8. The van der Waals surface area contributed by atoms with Crippen LogP contribution in [0.4, 0.5) is 5.69 Å². The van der Waals surface area contributed by atoms with Gasteiger partial charge in [-0.3, -0.25) is 0 Å². The second kappa shape index (κ2) is 8.84. The van der Waals surface area contributed by atoms with Crippen LogP contribution in [0.1, 0.15) is 18.6 Å². The van der Waals surface area contributed by atoms with Crippen LogP contribution in [0.2, 0.25) is 0 Å². The minimum absolute atomic E-state index is 0.0875. The summed E-state index contributed by atoms with van der Waals surface area (Å²) in [5, 5.41) is 30.4. The third-order valence-corrected chi connectivity index (χ3v) is 2.76. The molecule has 2 rings (SSSR count). The maximum absolute atomic E-state index is 9.23. The Bertz CT molecular complexity index is 532. The molecule has 0 saturated heterocycles. The molecule has 0 heterocycles. The summed E-state index contributed by atoms with van der Waals surface area (Å²) in [5.74, 6) is -0.456. The zero-order valence-electron chi connectivity index (χ0n) is 12.0. The molecule has 1 unspecified atom stereocenters. The van der Waals surface area contributed by atoms with E-state index >= 15 is 0 Å². The van der Waals surface area contributed by atoms with Gasteiger partial charge in [-0.25, -0.2) is 0 Å². The Kier molecular flexibility index (Phi) is 7.08. The Morgan fingerprint density at radius 1 is 1.05 bits per heavy atom. The van der Waals surface area contributed by atoms with E-state index < -0.39 is 6.10 Å². The molecule has 0 radical (unpaired) electrons. The standard InChI is InChI=1S/C8H11NO3.C8H11N/c9-4-8(12)5-1-2-6(10)7(11)3-5;1-2-9-8-6-4-3-5-7-8/h1-3,8,10-12H,4,9H2;3-7,9H,2H2,1H3. The number of para-hydroxylation sites is 1. The number of aliphatic hydroxyl groups excluding tert-OH is 1. The number of nitrogens with two attached hydrogens (primary N) is 1. The highest BCUT2D eigenvalue weighted by Gasteiger charge is 2.07. The van der Waals surface area contributed by atoms with Crippen molar-refractivity contribution in [2.45, 2.75) is 13.0 Å². The predicted octanol–water partition coefficient (Wildman–Crippen LogP) is 2.21. The van der Waals surface area contributed by atoms with Crippen molar-refractivity contribution in [2.24, 2.45) is 5.73 Å². The van der Waals surface area contributed by atoms with Crippen molar-refractivity contribution in [1.82, 2.24) is 0 Å². The molecule has 0 fully saturated rings. The maximum atomic E-state index is 9.23. The summed E-state index contributed by atoms with van der Waals surface area (Å²) in [7, 11) is 0. The van der Waals surface area contributed by atoms with Gasteiger partial charge in [0.25, 0.3) is 0 Å². The third kappa shape index (κ3) is 5.72. The summed E-state index contributed by atoms with van der Waals surface area (Å²) in [4.78, 5) is 0. The fourth-order valence-corrected chi connectivity index (χ4v) is 1.64. The molecule has 0 aliphatic rings. The van der Waals surface area contributed by atoms with E-state index in [1.807, 2.05) is 18.2 Å². The summed E-state index contributed by atoms with van der Waals surface area (Å²) in [6, 6.07) is 14.3. The monoisotopic (exact) mass is 290 g/mol. The molecule has 0 amide bonds. The SMILES string of the molecule is CCNc1ccccc1.NCC(O)c1ccc(O)c(O)c1. The molecule has 0 aliphatic carbocycles. The van der Waals surface area contributed by atoms with E-state index in [0.717, 1.165) is 6.54 Å². The van der Waals surface area contributed by atoms with Crippen molar-refractivity contribution >= 4 is 5.69 Å². The first-order chi connectivity index (χ1) is 10.1. The van der Waals surface area contributed by atoms with Gasteiger partial charge in [0, 0.05) is 18.8 Å². The minimum atomic E-state index is -0.795. The Balaban J connectivity index is 0.000000219. The second-order valence-electron chi connectivity index (χ2n) is 4.40. The molecule has 0 bridgehead atoms. The zero-order valence-corrected chi connectivity index (χ0v) is 12.0. The number of aliphatic hydroxyl groups is 1. The van der Waals surface area contributed by atoms with Crippen LogP contribution >= 0.6 is 0 Å². The van der Waals surface area contributed by atoms with E-state index in [4.69, 9.17) is 15.9 Å². The molecule has 2 aromatic carbocycles. The number of anilines is 1. The zero-order chi connectivity index (χ0) is 15.7. The number of phenols is 2. The fourth-order valence-electron chi connectivity index (χ4n) is 1.64. The summed E-state index contributed by atoms with van der Waals surface area (Å²) in [6.45, 7) is 3.17. The predicted molar refractivity (Wildman–Crippen MR) is 84.4 cm³/mol. The lowest BCUT2D eigenvalue weighted by Gasteiger charge is -2.08. The summed E-state index contributed by atoms with van der Waals surface area (Å²) in [6.07, 6.45) is -0.795. The van der Waals surface area contributed by atoms with Crippen LogP contribution in [0, 0.1) is 0 Å². The first-order valence-electron chi connectivity index (χ1n) is 6.77. The molecule has 2 aromatic rings. The molecule has 0 spiro atoms. The van der Waals surface area contributed by atoms with Crippen LogP contribution < -0.4 is 11.1 Å². The van der Waals surface area contributed by atoms with Gasteiger partial charge in [-0.15, -0.1) is 0 Å². The van der Waals surface area contributed by atoms with Gasteiger partial charge in [0.05, 0.1) is 6.10 Å². The van der Waals surface area contributed by atoms with Crippen molar-refractivity contribution in [3.8, 4) is 11.5 Å². The molecule has 114 valence electrons. The van der Waals surface area contributed by atoms with Crippen LogP contribution in [0.3, 0.4) is 0 Å². The molecule has 0 aromatic heterocycles. The number of nitrogens with one attached hydrogen (secondary N) is 1. The van der Waals surface area contributed by atoms with Crippen molar-refractivity contribution in [1.29, 1.82) is 0 Å². The number of benzene rings is 2. The fraction of sp³-hybridized carbons (Fsp3) is 0.250. The van der Waals surface area contributed by atoms with Crippen molar-refractivity contribution < 1.29 is 15.3 Å². The van der Waals surface area contributed by atoms with Crippen LogP contribution in [0.15, 0.2) is 48.5 Å². The molecule has 5 heteroatoms. The number of hydrogen-bond acceptors (Lipinski definition) is 5. The van der Waals surface area contributed by atoms with Crippen molar-refractivity contribution in [3.05, 3.63) is 54.1 Å². The Labute approximate surface area is 124 Å². The number of phenolic OH excluding ortho intramolecular Hbond substituents is 2. The summed E-state index contributed by atoms with van der Waals surface area (Å²) >= 11 is 0. The number of aromatic hydroxyl groups is 2. The van der Waals surface area contributed by atoms with E-state index in [2.05, 4.69) is 24.4 Å². The number of hydrogen-bond donors (Lipinski definition) is 5. The van der Waals surface area contributed by atoms with Crippen LogP contribution in [-0.2, 0) is 0 Å². The van der Waals surface area contributed by atoms with Gasteiger partial charge in [0.15, 0.2) is 11.5 Å². The normalized spacial score (nSPS) is 11.2.